The third kappa shape index (κ3) is 3.07. The number of aliphatic carboxylic acids is 1. The molecule has 1 aliphatic carbocycles. The second-order valence-corrected chi connectivity index (χ2v) is 5.01. The number of para-hydroxylation sites is 1. The Kier molecular flexibility index (Phi) is 4.22. The van der Waals surface area contributed by atoms with Crippen LogP contribution in [0.4, 0.5) is 14.9 Å². The van der Waals surface area contributed by atoms with Crippen LogP contribution in [-0.2, 0) is 4.79 Å². The summed E-state index contributed by atoms with van der Waals surface area (Å²) in [6, 6.07) is 5.42. The number of carbonyl (C=O) groups is 2. The van der Waals surface area contributed by atoms with Crippen molar-refractivity contribution in [2.24, 2.45) is 5.92 Å². The average Bonchev–Trinajstić information content (AvgIpc) is 2.87. The second-order valence-electron chi connectivity index (χ2n) is 5.01. The van der Waals surface area contributed by atoms with Gasteiger partial charge in [-0.15, -0.1) is 0 Å². The molecule has 2 amide bonds. The summed E-state index contributed by atoms with van der Waals surface area (Å²) in [7, 11) is 1.48. The number of carbonyl (C=O) groups excluding carboxylic acids is 1. The maximum Gasteiger partial charge on any atom is 0.321 e. The van der Waals surface area contributed by atoms with E-state index in [2.05, 4.69) is 5.32 Å². The van der Waals surface area contributed by atoms with Gasteiger partial charge in [0, 0.05) is 13.1 Å². The molecule has 2 rings (SSSR count). The lowest BCUT2D eigenvalue weighted by atomic mass is 10.1. The minimum atomic E-state index is -0.829. The minimum Gasteiger partial charge on any atom is -0.481 e. The molecule has 0 radical (unpaired) electrons. The molecule has 5 nitrogen and oxygen atoms in total. The van der Waals surface area contributed by atoms with Crippen LogP contribution in [0.1, 0.15) is 19.3 Å². The van der Waals surface area contributed by atoms with Crippen molar-refractivity contribution in [1.82, 2.24) is 5.32 Å². The van der Waals surface area contributed by atoms with E-state index in [9.17, 15) is 14.0 Å². The number of rotatable bonds is 3. The highest BCUT2D eigenvalue weighted by Crippen LogP contribution is 2.26. The van der Waals surface area contributed by atoms with Crippen molar-refractivity contribution < 1.29 is 19.1 Å². The topological polar surface area (TPSA) is 69.6 Å². The fraction of sp³-hybridized carbons (Fsp3) is 0.429. The number of amides is 2. The standard InChI is InChI=1S/C14H17FN2O3/c1-17(12-5-3-2-4-11(12)15)14(20)16-10-7-6-9(8-10)13(18)19/h2-5,9-10H,6-8H2,1H3,(H,16,20)(H,18,19)/t9-,10+/m1/s1. The van der Waals surface area contributed by atoms with E-state index in [1.54, 1.807) is 12.1 Å². The second kappa shape index (κ2) is 5.90. The van der Waals surface area contributed by atoms with Gasteiger partial charge in [0.15, 0.2) is 0 Å². The number of nitrogens with zero attached hydrogens (tertiary/aromatic N) is 1. The molecule has 0 bridgehead atoms. The minimum absolute atomic E-state index is 0.169. The molecule has 2 atom stereocenters. The number of anilines is 1. The van der Waals surface area contributed by atoms with Crippen LogP contribution >= 0.6 is 0 Å². The van der Waals surface area contributed by atoms with Crippen molar-refractivity contribution in [2.75, 3.05) is 11.9 Å². The Bertz CT molecular complexity index is 521. The third-order valence-corrected chi connectivity index (χ3v) is 3.63. The van der Waals surface area contributed by atoms with Gasteiger partial charge >= 0.3 is 12.0 Å². The van der Waals surface area contributed by atoms with Crippen LogP contribution < -0.4 is 10.2 Å². The first-order valence-electron chi connectivity index (χ1n) is 6.50. The summed E-state index contributed by atoms with van der Waals surface area (Å²) in [5.41, 5.74) is 0.192. The summed E-state index contributed by atoms with van der Waals surface area (Å²) in [6.45, 7) is 0. The molecule has 0 unspecified atom stereocenters. The summed E-state index contributed by atoms with van der Waals surface area (Å²) in [5, 5.41) is 11.7. The summed E-state index contributed by atoms with van der Waals surface area (Å²) < 4.78 is 13.6. The fourth-order valence-corrected chi connectivity index (χ4v) is 2.44. The summed E-state index contributed by atoms with van der Waals surface area (Å²) in [5.74, 6) is -1.71. The van der Waals surface area contributed by atoms with Crippen LogP contribution in [-0.4, -0.2) is 30.2 Å². The van der Waals surface area contributed by atoms with Crippen molar-refractivity contribution in [3.05, 3.63) is 30.1 Å². The van der Waals surface area contributed by atoms with Crippen molar-refractivity contribution in [2.45, 2.75) is 25.3 Å². The largest absolute Gasteiger partial charge is 0.481 e. The summed E-state index contributed by atoms with van der Waals surface area (Å²) >= 11 is 0. The number of hydrogen-bond donors (Lipinski definition) is 2. The molecule has 0 aromatic heterocycles. The third-order valence-electron chi connectivity index (χ3n) is 3.63. The van der Waals surface area contributed by atoms with Crippen LogP contribution in [0.2, 0.25) is 0 Å². The Morgan fingerprint density at radius 2 is 2.05 bits per heavy atom. The van der Waals surface area contributed by atoms with E-state index in [4.69, 9.17) is 5.11 Å². The predicted molar refractivity (Wildman–Crippen MR) is 72.1 cm³/mol. The molecule has 0 heterocycles. The first-order valence-corrected chi connectivity index (χ1v) is 6.50. The Labute approximate surface area is 116 Å². The zero-order chi connectivity index (χ0) is 14.7. The van der Waals surface area contributed by atoms with Crippen LogP contribution in [0, 0.1) is 11.7 Å². The van der Waals surface area contributed by atoms with Crippen molar-refractivity contribution in [3.8, 4) is 0 Å². The van der Waals surface area contributed by atoms with Crippen LogP contribution in [0.3, 0.4) is 0 Å². The van der Waals surface area contributed by atoms with E-state index in [0.717, 1.165) is 0 Å². The van der Waals surface area contributed by atoms with Crippen LogP contribution in [0.5, 0.6) is 0 Å². The van der Waals surface area contributed by atoms with E-state index in [1.165, 1.54) is 24.1 Å². The Balaban J connectivity index is 1.96. The molecule has 1 aromatic carbocycles. The first-order chi connectivity index (χ1) is 9.49. The normalized spacial score (nSPS) is 21.5. The Morgan fingerprint density at radius 3 is 2.65 bits per heavy atom. The van der Waals surface area contributed by atoms with Gasteiger partial charge in [-0.3, -0.25) is 9.69 Å². The molecule has 108 valence electrons. The van der Waals surface area contributed by atoms with Crippen molar-refractivity contribution in [3.63, 3.8) is 0 Å². The zero-order valence-corrected chi connectivity index (χ0v) is 11.2. The van der Waals surface area contributed by atoms with Crippen molar-refractivity contribution in [1.29, 1.82) is 0 Å². The monoisotopic (exact) mass is 280 g/mol. The van der Waals surface area contributed by atoms with Gasteiger partial charge in [0.1, 0.15) is 5.82 Å². The molecule has 20 heavy (non-hydrogen) atoms. The van der Waals surface area contributed by atoms with Crippen LogP contribution in [0.25, 0.3) is 0 Å². The molecule has 0 aliphatic heterocycles. The summed E-state index contributed by atoms with van der Waals surface area (Å²) in [6.07, 6.45) is 1.61. The Hall–Kier alpha value is -2.11. The molecular formula is C14H17FN2O3. The van der Waals surface area contributed by atoms with Gasteiger partial charge in [-0.2, -0.15) is 0 Å². The maximum absolute atomic E-state index is 13.6. The van der Waals surface area contributed by atoms with Crippen molar-refractivity contribution >= 4 is 17.7 Å². The number of nitrogens with one attached hydrogen (secondary N) is 1. The van der Waals surface area contributed by atoms with Gasteiger partial charge in [0.2, 0.25) is 0 Å². The number of carboxylic acid groups (broad SMARTS) is 1. The lowest BCUT2D eigenvalue weighted by Gasteiger charge is -2.21. The Morgan fingerprint density at radius 1 is 1.35 bits per heavy atom. The highest BCUT2D eigenvalue weighted by Gasteiger charge is 2.31. The number of halogens is 1. The molecule has 6 heteroatoms. The van der Waals surface area contributed by atoms with E-state index >= 15 is 0 Å². The lowest BCUT2D eigenvalue weighted by molar-refractivity contribution is -0.141. The SMILES string of the molecule is CN(C(=O)N[C@H]1CC[C@@H](C(=O)O)C1)c1ccccc1F. The maximum atomic E-state index is 13.6. The smallest absolute Gasteiger partial charge is 0.321 e. The molecule has 0 spiro atoms. The number of carboxylic acids is 1. The molecular weight excluding hydrogens is 263 g/mol. The van der Waals surface area contributed by atoms with Gasteiger partial charge in [-0.1, -0.05) is 12.1 Å². The molecule has 1 fully saturated rings. The quantitative estimate of drug-likeness (QED) is 0.892. The molecule has 0 saturated heterocycles. The fourth-order valence-electron chi connectivity index (χ4n) is 2.44. The number of benzene rings is 1. The zero-order valence-electron chi connectivity index (χ0n) is 11.2. The summed E-state index contributed by atoms with van der Waals surface area (Å²) in [4.78, 5) is 24.1. The average molecular weight is 280 g/mol. The van der Waals surface area contributed by atoms with Crippen LogP contribution in [0.15, 0.2) is 24.3 Å². The predicted octanol–water partition coefficient (Wildman–Crippen LogP) is 2.22. The number of urea groups is 1. The molecule has 1 aliphatic rings. The van der Waals surface area contributed by atoms with Gasteiger partial charge in [0.05, 0.1) is 11.6 Å². The van der Waals surface area contributed by atoms with Gasteiger partial charge in [-0.05, 0) is 31.4 Å². The molecule has 2 N–H and O–H groups in total. The first kappa shape index (κ1) is 14.3. The van der Waals surface area contributed by atoms with Gasteiger partial charge in [0.25, 0.3) is 0 Å². The lowest BCUT2D eigenvalue weighted by Crippen LogP contribution is -2.42. The number of hydrogen-bond acceptors (Lipinski definition) is 2. The highest BCUT2D eigenvalue weighted by molar-refractivity contribution is 5.91. The molecule has 1 saturated carbocycles. The molecule has 1 aromatic rings. The van der Waals surface area contributed by atoms with Gasteiger partial charge < -0.3 is 10.4 Å². The van der Waals surface area contributed by atoms with E-state index in [1.807, 2.05) is 0 Å². The van der Waals surface area contributed by atoms with Gasteiger partial charge in [-0.25, -0.2) is 9.18 Å². The van der Waals surface area contributed by atoms with E-state index in [0.29, 0.717) is 19.3 Å². The van der Waals surface area contributed by atoms with E-state index < -0.39 is 23.7 Å². The highest BCUT2D eigenvalue weighted by atomic mass is 19.1. The van der Waals surface area contributed by atoms with E-state index in [-0.39, 0.29) is 11.7 Å².